The fourth-order valence-electron chi connectivity index (χ4n) is 1.03. The van der Waals surface area contributed by atoms with Gasteiger partial charge in [0.2, 0.25) is 0 Å². The first-order valence-electron chi connectivity index (χ1n) is 3.86. The van der Waals surface area contributed by atoms with Gasteiger partial charge in [0.25, 0.3) is 0 Å². The van der Waals surface area contributed by atoms with Crippen LogP contribution in [0.15, 0.2) is 30.3 Å². The molecule has 1 aromatic rings. The van der Waals surface area contributed by atoms with Crippen LogP contribution < -0.4 is 0 Å². The van der Waals surface area contributed by atoms with Gasteiger partial charge >= 0.3 is 5.97 Å². The van der Waals surface area contributed by atoms with E-state index in [4.69, 9.17) is 5.11 Å². The molecule has 0 radical (unpaired) electrons. The highest BCUT2D eigenvalue weighted by molar-refractivity contribution is 5.98. The molecule has 0 spiro atoms. The molecule has 3 nitrogen and oxygen atoms in total. The Labute approximate surface area is 76.0 Å². The molecular formula is C10H10O3. The monoisotopic (exact) mass is 178 g/mol. The predicted octanol–water partition coefficient (Wildman–Crippen LogP) is 1.23. The number of hydrogen-bond acceptors (Lipinski definition) is 2. The van der Waals surface area contributed by atoms with Crippen LogP contribution in [0, 0.1) is 0 Å². The number of benzene rings is 1. The first-order chi connectivity index (χ1) is 6.11. The zero-order valence-electron chi connectivity index (χ0n) is 7.23. The predicted molar refractivity (Wildman–Crippen MR) is 47.5 cm³/mol. The highest BCUT2D eigenvalue weighted by Gasteiger charge is 2.34. The van der Waals surface area contributed by atoms with E-state index >= 15 is 0 Å². The lowest BCUT2D eigenvalue weighted by molar-refractivity contribution is -0.145. The van der Waals surface area contributed by atoms with Crippen LogP contribution in [0.4, 0.5) is 0 Å². The number of carbonyl (C=O) groups excluding carboxylic acids is 1. The van der Waals surface area contributed by atoms with E-state index in [0.717, 1.165) is 0 Å². The summed E-state index contributed by atoms with van der Waals surface area (Å²) in [5, 5.41) is 8.85. The van der Waals surface area contributed by atoms with Crippen molar-refractivity contribution in [2.45, 2.75) is 12.3 Å². The Hall–Kier alpha value is -1.64. The fraction of sp³-hybridized carbons (Fsp3) is 0.200. The van der Waals surface area contributed by atoms with Crippen molar-refractivity contribution in [1.29, 1.82) is 0 Å². The third kappa shape index (κ3) is 1.59. The molecule has 1 unspecified atom stereocenters. The number of aliphatic carboxylic acids is 1. The summed E-state index contributed by atoms with van der Waals surface area (Å²) in [4.78, 5) is 21.5. The van der Waals surface area contributed by atoms with Crippen molar-refractivity contribution in [3.8, 4) is 0 Å². The maximum Gasteiger partial charge on any atom is 0.321 e. The molecule has 0 heterocycles. The Bertz CT molecular complexity index is 318. The van der Waals surface area contributed by atoms with Crippen molar-refractivity contribution in [2.24, 2.45) is 0 Å². The van der Waals surface area contributed by atoms with Crippen molar-refractivity contribution in [3.63, 3.8) is 0 Å². The second kappa shape index (κ2) is 3.39. The molecule has 1 aromatic carbocycles. The fourth-order valence-corrected chi connectivity index (χ4v) is 1.03. The van der Waals surface area contributed by atoms with Crippen LogP contribution in [0.2, 0.25) is 0 Å². The van der Waals surface area contributed by atoms with Gasteiger partial charge in [0.1, 0.15) is 11.7 Å². The largest absolute Gasteiger partial charge is 0.480 e. The van der Waals surface area contributed by atoms with Gasteiger partial charge in [0, 0.05) is 0 Å². The van der Waals surface area contributed by atoms with E-state index in [1.54, 1.807) is 30.3 Å². The number of rotatable bonds is 3. The summed E-state index contributed by atoms with van der Waals surface area (Å²) in [6.07, 6.45) is 0.449. The maximum atomic E-state index is 10.8. The molecule has 0 saturated carbocycles. The second-order valence-electron chi connectivity index (χ2n) is 2.99. The number of carboxylic acid groups (broad SMARTS) is 1. The van der Waals surface area contributed by atoms with Gasteiger partial charge in [-0.2, -0.15) is 0 Å². The Morgan fingerprint density at radius 1 is 1.38 bits per heavy atom. The molecule has 1 N–H and O–H groups in total. The standard InChI is InChI=1S/C10H10O3/c1-10(7-11,9(12)13)8-5-3-2-4-6-8/h2-7H,1H3,(H,12,13). The molecule has 0 aliphatic heterocycles. The third-order valence-corrected chi connectivity index (χ3v) is 2.05. The second-order valence-corrected chi connectivity index (χ2v) is 2.99. The maximum absolute atomic E-state index is 10.8. The molecule has 0 amide bonds. The van der Waals surface area contributed by atoms with Crippen molar-refractivity contribution in [3.05, 3.63) is 35.9 Å². The van der Waals surface area contributed by atoms with Gasteiger partial charge in [-0.1, -0.05) is 30.3 Å². The van der Waals surface area contributed by atoms with E-state index < -0.39 is 11.4 Å². The Morgan fingerprint density at radius 3 is 2.31 bits per heavy atom. The molecule has 13 heavy (non-hydrogen) atoms. The van der Waals surface area contributed by atoms with Gasteiger partial charge in [-0.25, -0.2) is 0 Å². The lowest BCUT2D eigenvalue weighted by Crippen LogP contribution is -2.33. The Morgan fingerprint density at radius 2 is 1.92 bits per heavy atom. The van der Waals surface area contributed by atoms with Crippen molar-refractivity contribution in [2.75, 3.05) is 0 Å². The van der Waals surface area contributed by atoms with Crippen molar-refractivity contribution < 1.29 is 14.7 Å². The number of carbonyl (C=O) groups is 2. The zero-order valence-corrected chi connectivity index (χ0v) is 7.23. The first-order valence-corrected chi connectivity index (χ1v) is 3.86. The van der Waals surface area contributed by atoms with E-state index in [-0.39, 0.29) is 0 Å². The number of hydrogen-bond donors (Lipinski definition) is 1. The lowest BCUT2D eigenvalue weighted by Gasteiger charge is -2.17. The van der Waals surface area contributed by atoms with Crippen molar-refractivity contribution in [1.82, 2.24) is 0 Å². The van der Waals surface area contributed by atoms with Crippen LogP contribution in [-0.2, 0) is 15.0 Å². The smallest absolute Gasteiger partial charge is 0.321 e. The van der Waals surface area contributed by atoms with Gasteiger partial charge in [0.15, 0.2) is 0 Å². The highest BCUT2D eigenvalue weighted by Crippen LogP contribution is 2.20. The number of carboxylic acids is 1. The van der Waals surface area contributed by atoms with Crippen LogP contribution >= 0.6 is 0 Å². The topological polar surface area (TPSA) is 54.4 Å². The van der Waals surface area contributed by atoms with E-state index in [0.29, 0.717) is 11.8 Å². The minimum Gasteiger partial charge on any atom is -0.480 e. The van der Waals surface area contributed by atoms with E-state index in [2.05, 4.69) is 0 Å². The average Bonchev–Trinajstić information content (AvgIpc) is 2.17. The molecule has 0 fully saturated rings. The minimum absolute atomic E-state index is 0.449. The van der Waals surface area contributed by atoms with Crippen molar-refractivity contribution >= 4 is 12.3 Å². The number of aldehydes is 1. The highest BCUT2D eigenvalue weighted by atomic mass is 16.4. The van der Waals surface area contributed by atoms with Gasteiger partial charge in [-0.15, -0.1) is 0 Å². The molecule has 0 bridgehead atoms. The Kier molecular flexibility index (Phi) is 2.46. The molecule has 1 atom stereocenters. The summed E-state index contributed by atoms with van der Waals surface area (Å²) >= 11 is 0. The summed E-state index contributed by atoms with van der Waals surface area (Å²) < 4.78 is 0. The lowest BCUT2D eigenvalue weighted by atomic mass is 9.84. The zero-order chi connectivity index (χ0) is 9.90. The van der Waals surface area contributed by atoms with Crippen LogP contribution in [0.1, 0.15) is 12.5 Å². The van der Waals surface area contributed by atoms with E-state index in [1.807, 2.05) is 0 Å². The normalized spacial score (nSPS) is 14.5. The summed E-state index contributed by atoms with van der Waals surface area (Å²) in [5.41, 5.74) is -0.932. The minimum atomic E-state index is -1.43. The van der Waals surface area contributed by atoms with Gasteiger partial charge in [-0.3, -0.25) is 4.79 Å². The first kappa shape index (κ1) is 9.45. The third-order valence-electron chi connectivity index (χ3n) is 2.05. The molecule has 1 rings (SSSR count). The van der Waals surface area contributed by atoms with Gasteiger partial charge in [0.05, 0.1) is 0 Å². The van der Waals surface area contributed by atoms with Crippen LogP contribution in [-0.4, -0.2) is 17.4 Å². The van der Waals surface area contributed by atoms with Crippen LogP contribution in [0.3, 0.4) is 0 Å². The van der Waals surface area contributed by atoms with Gasteiger partial charge < -0.3 is 9.90 Å². The summed E-state index contributed by atoms with van der Waals surface area (Å²) in [5.74, 6) is -1.13. The summed E-state index contributed by atoms with van der Waals surface area (Å²) in [7, 11) is 0. The van der Waals surface area contributed by atoms with Crippen LogP contribution in [0.5, 0.6) is 0 Å². The van der Waals surface area contributed by atoms with E-state index in [1.165, 1.54) is 6.92 Å². The van der Waals surface area contributed by atoms with Gasteiger partial charge in [-0.05, 0) is 12.5 Å². The van der Waals surface area contributed by atoms with Crippen LogP contribution in [0.25, 0.3) is 0 Å². The molecular weight excluding hydrogens is 168 g/mol. The molecule has 0 saturated heterocycles. The Balaban J connectivity index is 3.18. The summed E-state index contributed by atoms with van der Waals surface area (Å²) in [6, 6.07) is 8.45. The quantitative estimate of drug-likeness (QED) is 0.559. The van der Waals surface area contributed by atoms with E-state index in [9.17, 15) is 9.59 Å². The summed E-state index contributed by atoms with van der Waals surface area (Å²) in [6.45, 7) is 1.39. The molecule has 68 valence electrons. The SMILES string of the molecule is CC(C=O)(C(=O)O)c1ccccc1. The molecule has 0 aromatic heterocycles. The molecule has 3 heteroatoms. The molecule has 0 aliphatic carbocycles. The average molecular weight is 178 g/mol. The molecule has 0 aliphatic rings.